The van der Waals surface area contributed by atoms with Crippen molar-refractivity contribution in [3.63, 3.8) is 0 Å². The van der Waals surface area contributed by atoms with Gasteiger partial charge in [-0.15, -0.1) is 0 Å². The topological polar surface area (TPSA) is 62.8 Å². The number of aromatic nitrogens is 1. The van der Waals surface area contributed by atoms with Gasteiger partial charge in [-0.3, -0.25) is 10.4 Å². The van der Waals surface area contributed by atoms with Crippen molar-refractivity contribution >= 4 is 28.3 Å². The molecule has 1 aromatic heterocycles. The largest absolute Gasteiger partial charge is 0.384 e. The van der Waals surface area contributed by atoms with E-state index in [4.69, 9.17) is 22.7 Å². The van der Waals surface area contributed by atoms with E-state index in [1.165, 1.54) is 0 Å². The zero-order chi connectivity index (χ0) is 11.9. The number of nitrogens with zero attached hydrogens (tertiary/aromatic N) is 1. The van der Waals surface area contributed by atoms with Gasteiger partial charge in [-0.05, 0) is 37.6 Å². The number of rotatable bonds is 1. The van der Waals surface area contributed by atoms with Crippen LogP contribution in [0.5, 0.6) is 0 Å². The molecule has 0 saturated carbocycles. The molecule has 16 heavy (non-hydrogen) atoms. The molecule has 0 aliphatic heterocycles. The summed E-state index contributed by atoms with van der Waals surface area (Å²) in [7, 11) is 0. The van der Waals surface area contributed by atoms with Crippen LogP contribution in [0.2, 0.25) is 5.02 Å². The molecule has 0 amide bonds. The second-order valence-electron chi connectivity index (χ2n) is 3.84. The minimum atomic E-state index is 0.0390. The highest BCUT2D eigenvalue weighted by molar-refractivity contribution is 6.31. The molecule has 0 atom stereocenters. The van der Waals surface area contributed by atoms with Gasteiger partial charge in [0.25, 0.3) is 0 Å². The van der Waals surface area contributed by atoms with Gasteiger partial charge in [-0.1, -0.05) is 11.6 Å². The van der Waals surface area contributed by atoms with E-state index in [1.807, 2.05) is 19.9 Å². The molecule has 1 aromatic carbocycles. The molecule has 0 fully saturated rings. The van der Waals surface area contributed by atoms with Crippen LogP contribution in [-0.4, -0.2) is 10.8 Å². The highest BCUT2D eigenvalue weighted by Gasteiger charge is 2.09. The summed E-state index contributed by atoms with van der Waals surface area (Å²) in [5.41, 5.74) is 8.95. The van der Waals surface area contributed by atoms with Crippen LogP contribution in [0, 0.1) is 19.3 Å². The molecule has 0 bridgehead atoms. The fraction of sp³-hybridized carbons (Fsp3) is 0.167. The Kier molecular flexibility index (Phi) is 2.56. The Morgan fingerprint density at radius 3 is 2.62 bits per heavy atom. The molecular weight excluding hydrogens is 222 g/mol. The molecule has 0 saturated heterocycles. The normalized spacial score (nSPS) is 10.7. The number of hydrogen-bond donors (Lipinski definition) is 2. The Bertz CT molecular complexity index is 590. The minimum Gasteiger partial charge on any atom is -0.384 e. The van der Waals surface area contributed by atoms with E-state index in [0.29, 0.717) is 10.6 Å². The number of hydrogen-bond acceptors (Lipinski definition) is 2. The van der Waals surface area contributed by atoms with E-state index < -0.39 is 0 Å². The maximum atomic E-state index is 7.56. The lowest BCUT2D eigenvalue weighted by Crippen LogP contribution is -2.12. The fourth-order valence-corrected chi connectivity index (χ4v) is 2.08. The number of nitrogens with one attached hydrogen (secondary N) is 1. The van der Waals surface area contributed by atoms with Gasteiger partial charge in [0.1, 0.15) is 5.84 Å². The van der Waals surface area contributed by atoms with Crippen molar-refractivity contribution in [3.05, 3.63) is 40.0 Å². The summed E-state index contributed by atoms with van der Waals surface area (Å²) in [4.78, 5) is 4.45. The average molecular weight is 234 g/mol. The summed E-state index contributed by atoms with van der Waals surface area (Å²) >= 11 is 6.00. The molecule has 1 heterocycles. The summed E-state index contributed by atoms with van der Waals surface area (Å²) < 4.78 is 0. The summed E-state index contributed by atoms with van der Waals surface area (Å²) in [6.45, 7) is 3.84. The third-order valence-corrected chi connectivity index (χ3v) is 2.71. The van der Waals surface area contributed by atoms with Crippen LogP contribution in [0.15, 0.2) is 18.2 Å². The van der Waals surface area contributed by atoms with E-state index >= 15 is 0 Å². The number of pyridine rings is 1. The second kappa shape index (κ2) is 3.76. The maximum Gasteiger partial charge on any atom is 0.123 e. The van der Waals surface area contributed by atoms with Crippen LogP contribution in [0.4, 0.5) is 0 Å². The third kappa shape index (κ3) is 1.74. The third-order valence-electron chi connectivity index (χ3n) is 2.49. The highest BCUT2D eigenvalue weighted by atomic mass is 35.5. The first-order chi connectivity index (χ1) is 7.49. The molecule has 0 unspecified atom stereocenters. The van der Waals surface area contributed by atoms with Crippen molar-refractivity contribution in [1.29, 1.82) is 5.41 Å². The van der Waals surface area contributed by atoms with Gasteiger partial charge >= 0.3 is 0 Å². The van der Waals surface area contributed by atoms with Crippen LogP contribution in [0.25, 0.3) is 10.9 Å². The molecule has 0 radical (unpaired) electrons. The Hall–Kier alpha value is -1.61. The van der Waals surface area contributed by atoms with Crippen molar-refractivity contribution in [2.45, 2.75) is 13.8 Å². The van der Waals surface area contributed by atoms with Crippen molar-refractivity contribution in [2.24, 2.45) is 5.73 Å². The number of benzene rings is 1. The Balaban J connectivity index is 2.95. The molecule has 2 aromatic rings. The van der Waals surface area contributed by atoms with E-state index in [2.05, 4.69) is 4.98 Å². The van der Waals surface area contributed by atoms with Crippen molar-refractivity contribution in [3.8, 4) is 0 Å². The number of amidine groups is 1. The second-order valence-corrected chi connectivity index (χ2v) is 4.28. The Labute approximate surface area is 98.8 Å². The molecule has 0 spiro atoms. The Morgan fingerprint density at radius 2 is 2.00 bits per heavy atom. The average Bonchev–Trinajstić information content (AvgIpc) is 2.18. The zero-order valence-corrected chi connectivity index (χ0v) is 9.89. The van der Waals surface area contributed by atoms with Crippen LogP contribution in [0.1, 0.15) is 16.8 Å². The van der Waals surface area contributed by atoms with Gasteiger partial charge in [-0.25, -0.2) is 0 Å². The molecule has 4 heteroatoms. The first-order valence-electron chi connectivity index (χ1n) is 4.91. The van der Waals surface area contributed by atoms with Gasteiger partial charge in [0.2, 0.25) is 0 Å². The smallest absolute Gasteiger partial charge is 0.123 e. The van der Waals surface area contributed by atoms with Crippen LogP contribution in [0.3, 0.4) is 0 Å². The Morgan fingerprint density at radius 1 is 1.31 bits per heavy atom. The molecule has 82 valence electrons. The van der Waals surface area contributed by atoms with Crippen LogP contribution in [-0.2, 0) is 0 Å². The van der Waals surface area contributed by atoms with Gasteiger partial charge in [-0.2, -0.15) is 0 Å². The van der Waals surface area contributed by atoms with Gasteiger partial charge in [0.05, 0.1) is 5.52 Å². The molecule has 2 rings (SSSR count). The summed E-state index contributed by atoms with van der Waals surface area (Å²) in [6, 6.07) is 5.47. The lowest BCUT2D eigenvalue weighted by molar-refractivity contribution is 1.23. The number of nitrogen functional groups attached to an aromatic ring is 1. The monoisotopic (exact) mass is 233 g/mol. The molecule has 0 aliphatic carbocycles. The molecule has 0 aliphatic rings. The number of fused-ring (bicyclic) bond motifs is 1. The number of aryl methyl sites for hydroxylation is 2. The summed E-state index contributed by atoms with van der Waals surface area (Å²) in [6.07, 6.45) is 0. The lowest BCUT2D eigenvalue weighted by atomic mass is 10.0. The van der Waals surface area contributed by atoms with Crippen molar-refractivity contribution < 1.29 is 0 Å². The lowest BCUT2D eigenvalue weighted by Gasteiger charge is -2.09. The number of halogens is 1. The molecular formula is C12H12ClN3. The van der Waals surface area contributed by atoms with E-state index in [-0.39, 0.29) is 5.84 Å². The highest BCUT2D eigenvalue weighted by Crippen LogP contribution is 2.25. The van der Waals surface area contributed by atoms with E-state index in [1.54, 1.807) is 12.1 Å². The predicted octanol–water partition coefficient (Wildman–Crippen LogP) is 2.79. The first-order valence-corrected chi connectivity index (χ1v) is 5.28. The van der Waals surface area contributed by atoms with Gasteiger partial charge in [0, 0.05) is 21.7 Å². The molecule has 3 N–H and O–H groups in total. The van der Waals surface area contributed by atoms with Gasteiger partial charge < -0.3 is 5.73 Å². The SMILES string of the molecule is Cc1cc(C(=N)N)c2cc(Cl)cc(C)c2n1. The summed E-state index contributed by atoms with van der Waals surface area (Å²) in [5, 5.41) is 9.04. The number of nitrogens with two attached hydrogens (primary N) is 1. The first kappa shape index (κ1) is 10.9. The van der Waals surface area contributed by atoms with E-state index in [0.717, 1.165) is 22.2 Å². The van der Waals surface area contributed by atoms with Gasteiger partial charge in [0.15, 0.2) is 0 Å². The predicted molar refractivity (Wildman–Crippen MR) is 67.2 cm³/mol. The summed E-state index contributed by atoms with van der Waals surface area (Å²) in [5.74, 6) is 0.0390. The van der Waals surface area contributed by atoms with Crippen LogP contribution >= 0.6 is 11.6 Å². The van der Waals surface area contributed by atoms with Crippen LogP contribution < -0.4 is 5.73 Å². The quantitative estimate of drug-likeness (QED) is 0.588. The van der Waals surface area contributed by atoms with Crippen molar-refractivity contribution in [2.75, 3.05) is 0 Å². The van der Waals surface area contributed by atoms with E-state index in [9.17, 15) is 0 Å². The fourth-order valence-electron chi connectivity index (χ4n) is 1.81. The standard InChI is InChI=1S/C12H12ClN3/c1-6-3-8(13)5-9-10(12(14)15)4-7(2)16-11(6)9/h3-5H,1-2H3,(H3,14,15). The maximum absolute atomic E-state index is 7.56. The molecule has 3 nitrogen and oxygen atoms in total. The zero-order valence-electron chi connectivity index (χ0n) is 9.13. The van der Waals surface area contributed by atoms with Crippen molar-refractivity contribution in [1.82, 2.24) is 4.98 Å². The minimum absolute atomic E-state index is 0.0390.